The molecular formula is C13H8Br2N2O3. The minimum atomic E-state index is -1.03. The van der Waals surface area contributed by atoms with Crippen molar-refractivity contribution in [1.29, 1.82) is 0 Å². The fourth-order valence-corrected chi connectivity index (χ4v) is 2.17. The van der Waals surface area contributed by atoms with E-state index < -0.39 is 5.97 Å². The number of benzene rings is 1. The van der Waals surface area contributed by atoms with Gasteiger partial charge in [0.1, 0.15) is 4.60 Å². The molecule has 0 atom stereocenters. The maximum atomic E-state index is 12.0. The zero-order valence-electron chi connectivity index (χ0n) is 9.93. The van der Waals surface area contributed by atoms with E-state index in [4.69, 9.17) is 5.11 Å². The number of hydrogen-bond donors (Lipinski definition) is 2. The standard InChI is InChI=1S/C13H8Br2N2O3/c14-9-5-7(13(19)20)1-3-10(9)17-12(18)8-2-4-11(15)16-6-8/h1-6H,(H,17,18)(H,19,20). The molecule has 0 aliphatic rings. The van der Waals surface area contributed by atoms with E-state index in [2.05, 4.69) is 42.2 Å². The van der Waals surface area contributed by atoms with Gasteiger partial charge in [-0.2, -0.15) is 0 Å². The quantitative estimate of drug-likeness (QED) is 0.773. The number of hydrogen-bond acceptors (Lipinski definition) is 3. The molecule has 0 saturated carbocycles. The molecule has 0 unspecified atom stereocenters. The van der Waals surface area contributed by atoms with Gasteiger partial charge in [0.2, 0.25) is 0 Å². The third-order valence-electron chi connectivity index (χ3n) is 2.45. The Morgan fingerprint density at radius 2 is 1.80 bits per heavy atom. The van der Waals surface area contributed by atoms with E-state index >= 15 is 0 Å². The lowest BCUT2D eigenvalue weighted by Crippen LogP contribution is -2.12. The van der Waals surface area contributed by atoms with Gasteiger partial charge in [-0.15, -0.1) is 0 Å². The first-order valence-electron chi connectivity index (χ1n) is 5.43. The fourth-order valence-electron chi connectivity index (χ4n) is 1.45. The number of halogens is 2. The lowest BCUT2D eigenvalue weighted by Gasteiger charge is -2.08. The number of carbonyl (C=O) groups excluding carboxylic acids is 1. The van der Waals surface area contributed by atoms with Crippen molar-refractivity contribution in [3.8, 4) is 0 Å². The van der Waals surface area contributed by atoms with Crippen molar-refractivity contribution >= 4 is 49.4 Å². The molecule has 102 valence electrons. The minimum Gasteiger partial charge on any atom is -0.478 e. The topological polar surface area (TPSA) is 79.3 Å². The molecule has 1 aromatic heterocycles. The highest BCUT2D eigenvalue weighted by Crippen LogP contribution is 2.24. The summed E-state index contributed by atoms with van der Waals surface area (Å²) < 4.78 is 1.14. The lowest BCUT2D eigenvalue weighted by molar-refractivity contribution is 0.0696. The number of aromatic nitrogens is 1. The SMILES string of the molecule is O=C(O)c1ccc(NC(=O)c2ccc(Br)nc2)c(Br)c1. The van der Waals surface area contributed by atoms with Gasteiger partial charge in [0.25, 0.3) is 5.91 Å². The van der Waals surface area contributed by atoms with Crippen LogP contribution in [0.15, 0.2) is 45.6 Å². The molecule has 2 N–H and O–H groups in total. The highest BCUT2D eigenvalue weighted by molar-refractivity contribution is 9.10. The molecule has 0 saturated heterocycles. The van der Waals surface area contributed by atoms with Crippen LogP contribution in [0.5, 0.6) is 0 Å². The number of rotatable bonds is 3. The first-order valence-corrected chi connectivity index (χ1v) is 7.02. The molecule has 2 rings (SSSR count). The maximum Gasteiger partial charge on any atom is 0.335 e. The highest BCUT2D eigenvalue weighted by Gasteiger charge is 2.11. The van der Waals surface area contributed by atoms with Crippen LogP contribution in [0, 0.1) is 0 Å². The second kappa shape index (κ2) is 6.15. The fraction of sp³-hybridized carbons (Fsp3) is 0. The molecule has 0 spiro atoms. The number of aromatic carboxylic acids is 1. The van der Waals surface area contributed by atoms with Gasteiger partial charge in [-0.05, 0) is 62.2 Å². The number of pyridine rings is 1. The monoisotopic (exact) mass is 398 g/mol. The lowest BCUT2D eigenvalue weighted by atomic mass is 10.2. The van der Waals surface area contributed by atoms with Gasteiger partial charge in [0.05, 0.1) is 16.8 Å². The van der Waals surface area contributed by atoms with Crippen LogP contribution >= 0.6 is 31.9 Å². The maximum absolute atomic E-state index is 12.0. The Morgan fingerprint density at radius 3 is 2.35 bits per heavy atom. The third-order valence-corrected chi connectivity index (χ3v) is 3.58. The van der Waals surface area contributed by atoms with Crippen LogP contribution in [-0.2, 0) is 0 Å². The number of amides is 1. The third kappa shape index (κ3) is 3.43. The molecule has 0 radical (unpaired) electrons. The first-order chi connectivity index (χ1) is 9.47. The number of carboxylic acid groups (broad SMARTS) is 1. The number of carbonyl (C=O) groups is 2. The Hall–Kier alpha value is -1.73. The van der Waals surface area contributed by atoms with Gasteiger partial charge in [-0.3, -0.25) is 4.79 Å². The zero-order chi connectivity index (χ0) is 14.7. The van der Waals surface area contributed by atoms with E-state index in [9.17, 15) is 9.59 Å². The van der Waals surface area contributed by atoms with E-state index in [1.54, 1.807) is 12.1 Å². The van der Waals surface area contributed by atoms with Crippen molar-refractivity contribution in [2.45, 2.75) is 0 Å². The van der Waals surface area contributed by atoms with E-state index in [0.717, 1.165) is 0 Å². The van der Waals surface area contributed by atoms with Crippen LogP contribution in [-0.4, -0.2) is 22.0 Å². The van der Waals surface area contributed by atoms with Crippen molar-refractivity contribution in [2.24, 2.45) is 0 Å². The molecule has 5 nitrogen and oxygen atoms in total. The van der Waals surface area contributed by atoms with Crippen molar-refractivity contribution in [1.82, 2.24) is 4.98 Å². The van der Waals surface area contributed by atoms with Crippen LogP contribution in [0.3, 0.4) is 0 Å². The van der Waals surface area contributed by atoms with Crippen LogP contribution in [0.1, 0.15) is 20.7 Å². The minimum absolute atomic E-state index is 0.139. The van der Waals surface area contributed by atoms with Gasteiger partial charge in [-0.25, -0.2) is 9.78 Å². The molecular weight excluding hydrogens is 392 g/mol. The molecule has 1 aromatic carbocycles. The number of anilines is 1. The van der Waals surface area contributed by atoms with Crippen molar-refractivity contribution in [3.63, 3.8) is 0 Å². The Balaban J connectivity index is 2.19. The highest BCUT2D eigenvalue weighted by atomic mass is 79.9. The Kier molecular flexibility index (Phi) is 4.51. The first kappa shape index (κ1) is 14.7. The Bertz CT molecular complexity index is 672. The van der Waals surface area contributed by atoms with Gasteiger partial charge >= 0.3 is 5.97 Å². The second-order valence-corrected chi connectivity index (χ2v) is 5.49. The zero-order valence-corrected chi connectivity index (χ0v) is 13.1. The summed E-state index contributed by atoms with van der Waals surface area (Å²) in [5, 5.41) is 11.5. The summed E-state index contributed by atoms with van der Waals surface area (Å²) in [4.78, 5) is 26.8. The summed E-state index contributed by atoms with van der Waals surface area (Å²) in [6, 6.07) is 7.67. The average molecular weight is 400 g/mol. The van der Waals surface area contributed by atoms with E-state index in [1.165, 1.54) is 24.4 Å². The predicted molar refractivity (Wildman–Crippen MR) is 81.0 cm³/mol. The van der Waals surface area contributed by atoms with Crippen molar-refractivity contribution < 1.29 is 14.7 Å². The molecule has 0 aliphatic carbocycles. The molecule has 0 fully saturated rings. The Labute approximate surface area is 131 Å². The summed E-state index contributed by atoms with van der Waals surface area (Å²) in [6.07, 6.45) is 1.44. The summed E-state index contributed by atoms with van der Waals surface area (Å²) in [5.41, 5.74) is 1.03. The molecule has 7 heteroatoms. The van der Waals surface area contributed by atoms with Gasteiger partial charge in [-0.1, -0.05) is 0 Å². The number of nitrogens with zero attached hydrogens (tertiary/aromatic N) is 1. The molecule has 2 aromatic rings. The normalized spacial score (nSPS) is 10.1. The van der Waals surface area contributed by atoms with Crippen LogP contribution < -0.4 is 5.32 Å². The summed E-state index contributed by atoms with van der Waals surface area (Å²) in [5.74, 6) is -1.35. The summed E-state index contributed by atoms with van der Waals surface area (Å²) in [7, 11) is 0. The second-order valence-electron chi connectivity index (χ2n) is 3.82. The van der Waals surface area contributed by atoms with Gasteiger partial charge < -0.3 is 10.4 Å². The largest absolute Gasteiger partial charge is 0.478 e. The predicted octanol–water partition coefficient (Wildman–Crippen LogP) is 3.56. The van der Waals surface area contributed by atoms with Crippen molar-refractivity contribution in [3.05, 3.63) is 56.7 Å². The van der Waals surface area contributed by atoms with E-state index in [1.807, 2.05) is 0 Å². The molecule has 1 amide bonds. The van der Waals surface area contributed by atoms with Crippen LogP contribution in [0.25, 0.3) is 0 Å². The number of carboxylic acids is 1. The number of nitrogens with one attached hydrogen (secondary N) is 1. The molecule has 0 bridgehead atoms. The average Bonchev–Trinajstić information content (AvgIpc) is 2.41. The summed E-state index contributed by atoms with van der Waals surface area (Å²) in [6.45, 7) is 0. The Morgan fingerprint density at radius 1 is 1.10 bits per heavy atom. The molecule has 20 heavy (non-hydrogen) atoms. The van der Waals surface area contributed by atoms with E-state index in [-0.39, 0.29) is 11.5 Å². The van der Waals surface area contributed by atoms with Crippen molar-refractivity contribution in [2.75, 3.05) is 5.32 Å². The summed E-state index contributed by atoms with van der Waals surface area (Å²) >= 11 is 6.42. The molecule has 0 aliphatic heterocycles. The van der Waals surface area contributed by atoms with Gasteiger partial charge in [0.15, 0.2) is 0 Å². The molecule has 1 heterocycles. The van der Waals surface area contributed by atoms with E-state index in [0.29, 0.717) is 20.3 Å². The van der Waals surface area contributed by atoms with Crippen LogP contribution in [0.2, 0.25) is 0 Å². The van der Waals surface area contributed by atoms with Crippen LogP contribution in [0.4, 0.5) is 5.69 Å². The van der Waals surface area contributed by atoms with Gasteiger partial charge in [0, 0.05) is 10.7 Å². The smallest absolute Gasteiger partial charge is 0.335 e.